The second-order valence-corrected chi connectivity index (χ2v) is 5.35. The highest BCUT2D eigenvalue weighted by atomic mass is 32.1. The Morgan fingerprint density at radius 1 is 1.30 bits per heavy atom. The Balaban J connectivity index is 1.82. The molecule has 0 aliphatic heterocycles. The molecule has 0 aliphatic rings. The fourth-order valence-corrected chi connectivity index (χ4v) is 2.96. The molecule has 3 rings (SSSR count). The summed E-state index contributed by atoms with van der Waals surface area (Å²) in [6.07, 6.45) is 1.55. The molecule has 6 heteroatoms. The predicted octanol–water partition coefficient (Wildman–Crippen LogP) is 1.89. The molecular formula is C14H16N4OS. The summed E-state index contributed by atoms with van der Waals surface area (Å²) in [5, 5.41) is 6.63. The van der Waals surface area contributed by atoms with Crippen LogP contribution in [-0.4, -0.2) is 28.3 Å². The first-order chi connectivity index (χ1) is 9.80. The second-order valence-electron chi connectivity index (χ2n) is 4.51. The lowest BCUT2D eigenvalue weighted by atomic mass is 10.1. The summed E-state index contributed by atoms with van der Waals surface area (Å²) in [5.74, 6) is 1.69. The van der Waals surface area contributed by atoms with Gasteiger partial charge in [-0.25, -0.2) is 9.50 Å². The van der Waals surface area contributed by atoms with E-state index in [-0.39, 0.29) is 0 Å². The lowest BCUT2D eigenvalue weighted by Gasteiger charge is -2.01. The number of rotatable bonds is 5. The molecule has 0 radical (unpaired) electrons. The van der Waals surface area contributed by atoms with E-state index in [1.54, 1.807) is 18.4 Å². The van der Waals surface area contributed by atoms with Crippen molar-refractivity contribution in [2.75, 3.05) is 13.7 Å². The van der Waals surface area contributed by atoms with E-state index in [9.17, 15) is 0 Å². The molecule has 104 valence electrons. The summed E-state index contributed by atoms with van der Waals surface area (Å²) in [6.45, 7) is 0.625. The van der Waals surface area contributed by atoms with Crippen molar-refractivity contribution < 1.29 is 4.74 Å². The molecule has 2 N–H and O–H groups in total. The van der Waals surface area contributed by atoms with E-state index in [4.69, 9.17) is 10.5 Å². The van der Waals surface area contributed by atoms with Crippen LogP contribution in [0.3, 0.4) is 0 Å². The van der Waals surface area contributed by atoms with Gasteiger partial charge in [-0.2, -0.15) is 0 Å². The van der Waals surface area contributed by atoms with Gasteiger partial charge in [-0.05, 0) is 24.2 Å². The zero-order valence-corrected chi connectivity index (χ0v) is 12.1. The van der Waals surface area contributed by atoms with Crippen molar-refractivity contribution in [1.82, 2.24) is 14.6 Å². The van der Waals surface area contributed by atoms with Gasteiger partial charge in [0.1, 0.15) is 5.75 Å². The first kappa shape index (κ1) is 13.1. The van der Waals surface area contributed by atoms with Crippen molar-refractivity contribution in [1.29, 1.82) is 0 Å². The van der Waals surface area contributed by atoms with E-state index in [2.05, 4.69) is 15.5 Å². The largest absolute Gasteiger partial charge is 0.497 e. The van der Waals surface area contributed by atoms with Crippen LogP contribution in [0.4, 0.5) is 0 Å². The van der Waals surface area contributed by atoms with Gasteiger partial charge in [0.05, 0.1) is 12.8 Å². The van der Waals surface area contributed by atoms with Crippen LogP contribution in [-0.2, 0) is 12.8 Å². The molecule has 0 atom stereocenters. The monoisotopic (exact) mass is 288 g/mol. The van der Waals surface area contributed by atoms with Gasteiger partial charge in [-0.1, -0.05) is 12.1 Å². The molecule has 0 saturated carbocycles. The molecule has 0 fully saturated rings. The lowest BCUT2D eigenvalue weighted by Crippen LogP contribution is -2.05. The zero-order valence-electron chi connectivity index (χ0n) is 11.2. The molecule has 0 aliphatic carbocycles. The molecule has 0 saturated heterocycles. The normalized spacial score (nSPS) is 11.1. The Morgan fingerprint density at radius 2 is 2.10 bits per heavy atom. The molecule has 2 aromatic heterocycles. The van der Waals surface area contributed by atoms with E-state index < -0.39 is 0 Å². The molecule has 1 aromatic carbocycles. The van der Waals surface area contributed by atoms with Crippen LogP contribution in [0.15, 0.2) is 29.6 Å². The van der Waals surface area contributed by atoms with Crippen LogP contribution in [0, 0.1) is 0 Å². The third kappa shape index (κ3) is 2.52. The summed E-state index contributed by atoms with van der Waals surface area (Å²) in [7, 11) is 1.67. The van der Waals surface area contributed by atoms with Crippen molar-refractivity contribution in [2.24, 2.45) is 5.73 Å². The highest BCUT2D eigenvalue weighted by Crippen LogP contribution is 2.17. The minimum atomic E-state index is 0.625. The average Bonchev–Trinajstić information content (AvgIpc) is 3.02. The Labute approximate surface area is 121 Å². The van der Waals surface area contributed by atoms with Gasteiger partial charge in [-0.15, -0.1) is 16.4 Å². The topological polar surface area (TPSA) is 65.4 Å². The van der Waals surface area contributed by atoms with E-state index in [1.807, 2.05) is 28.8 Å². The molecule has 2 heterocycles. The maximum absolute atomic E-state index is 5.60. The van der Waals surface area contributed by atoms with Crippen molar-refractivity contribution in [3.63, 3.8) is 0 Å². The number of aromatic nitrogens is 3. The number of methoxy groups -OCH3 is 1. The summed E-state index contributed by atoms with van der Waals surface area (Å²) in [6, 6.07) is 7.98. The first-order valence-corrected chi connectivity index (χ1v) is 7.33. The van der Waals surface area contributed by atoms with E-state index >= 15 is 0 Å². The van der Waals surface area contributed by atoms with Crippen molar-refractivity contribution in [2.45, 2.75) is 12.8 Å². The van der Waals surface area contributed by atoms with Gasteiger partial charge in [0.15, 0.2) is 5.82 Å². The van der Waals surface area contributed by atoms with Crippen LogP contribution >= 0.6 is 11.3 Å². The Bertz CT molecular complexity index is 702. The molecule has 5 nitrogen and oxygen atoms in total. The standard InChI is InChI=1S/C14H16N4OS/c1-19-12-4-2-10(3-5-12)8-13-16-14-18(17-13)11(6-7-15)9-20-14/h2-5,9H,6-8,15H2,1H3. The summed E-state index contributed by atoms with van der Waals surface area (Å²) in [5.41, 5.74) is 7.90. The van der Waals surface area contributed by atoms with Gasteiger partial charge in [0.25, 0.3) is 0 Å². The maximum Gasteiger partial charge on any atom is 0.212 e. The molecule has 20 heavy (non-hydrogen) atoms. The van der Waals surface area contributed by atoms with Crippen LogP contribution in [0.1, 0.15) is 17.1 Å². The van der Waals surface area contributed by atoms with Crippen LogP contribution in [0.25, 0.3) is 4.96 Å². The van der Waals surface area contributed by atoms with Gasteiger partial charge in [0.2, 0.25) is 4.96 Å². The quantitative estimate of drug-likeness (QED) is 0.778. The number of thiazole rings is 1. The minimum absolute atomic E-state index is 0.625. The van der Waals surface area contributed by atoms with Gasteiger partial charge < -0.3 is 10.5 Å². The number of fused-ring (bicyclic) bond motifs is 1. The molecule has 3 aromatic rings. The third-order valence-corrected chi connectivity index (χ3v) is 3.98. The number of ether oxygens (including phenoxy) is 1. The maximum atomic E-state index is 5.60. The Hall–Kier alpha value is -1.92. The minimum Gasteiger partial charge on any atom is -0.497 e. The average molecular weight is 288 g/mol. The van der Waals surface area contributed by atoms with Crippen LogP contribution in [0.2, 0.25) is 0 Å². The third-order valence-electron chi connectivity index (χ3n) is 3.12. The van der Waals surface area contributed by atoms with Crippen LogP contribution < -0.4 is 10.5 Å². The second kappa shape index (κ2) is 5.60. The van der Waals surface area contributed by atoms with E-state index in [0.29, 0.717) is 6.54 Å². The molecule has 0 spiro atoms. The van der Waals surface area contributed by atoms with Gasteiger partial charge in [0, 0.05) is 18.2 Å². The highest BCUT2D eigenvalue weighted by Gasteiger charge is 2.09. The summed E-state index contributed by atoms with van der Waals surface area (Å²) >= 11 is 1.61. The van der Waals surface area contributed by atoms with Crippen molar-refractivity contribution in [3.05, 3.63) is 46.7 Å². The van der Waals surface area contributed by atoms with Gasteiger partial charge in [-0.3, -0.25) is 0 Å². The smallest absolute Gasteiger partial charge is 0.212 e. The number of hydrogen-bond acceptors (Lipinski definition) is 5. The molecule has 0 unspecified atom stereocenters. The zero-order chi connectivity index (χ0) is 13.9. The SMILES string of the molecule is COc1ccc(Cc2nc3scc(CCN)n3n2)cc1. The Morgan fingerprint density at radius 3 is 2.80 bits per heavy atom. The highest BCUT2D eigenvalue weighted by molar-refractivity contribution is 7.15. The van der Waals surface area contributed by atoms with Crippen molar-refractivity contribution >= 4 is 16.3 Å². The Kier molecular flexibility index (Phi) is 3.66. The van der Waals surface area contributed by atoms with E-state index in [1.165, 1.54) is 5.56 Å². The fraction of sp³-hybridized carbons (Fsp3) is 0.286. The molecule has 0 bridgehead atoms. The van der Waals surface area contributed by atoms with E-state index in [0.717, 1.165) is 35.1 Å². The molecule has 0 amide bonds. The van der Waals surface area contributed by atoms with Gasteiger partial charge >= 0.3 is 0 Å². The summed E-state index contributed by atoms with van der Waals surface area (Å²) in [4.78, 5) is 5.48. The van der Waals surface area contributed by atoms with Crippen molar-refractivity contribution in [3.8, 4) is 5.75 Å². The molecular weight excluding hydrogens is 272 g/mol. The first-order valence-electron chi connectivity index (χ1n) is 6.45. The summed E-state index contributed by atoms with van der Waals surface area (Å²) < 4.78 is 7.05. The number of nitrogens with two attached hydrogens (primary N) is 1. The number of benzene rings is 1. The number of hydrogen-bond donors (Lipinski definition) is 1. The fourth-order valence-electron chi connectivity index (χ4n) is 2.09. The number of nitrogens with zero attached hydrogens (tertiary/aromatic N) is 3. The van der Waals surface area contributed by atoms with Crippen LogP contribution in [0.5, 0.6) is 5.75 Å². The lowest BCUT2D eigenvalue weighted by molar-refractivity contribution is 0.414. The predicted molar refractivity (Wildman–Crippen MR) is 79.4 cm³/mol.